The maximum Gasteiger partial charge on any atom is 0.389 e. The summed E-state index contributed by atoms with van der Waals surface area (Å²) in [4.78, 5) is 9.77. The zero-order chi connectivity index (χ0) is 9.49. The lowest BCUT2D eigenvalue weighted by molar-refractivity contribution is -0.142. The van der Waals surface area contributed by atoms with E-state index >= 15 is 0 Å². The fourth-order valence-electron chi connectivity index (χ4n) is 0.265. The summed E-state index contributed by atoms with van der Waals surface area (Å²) in [5.41, 5.74) is 4.46. The molecule has 0 unspecified atom stereocenters. The van der Waals surface area contributed by atoms with Gasteiger partial charge in [-0.15, -0.1) is 0 Å². The number of carbonyl (C=O) groups excluding carboxylic acids is 1. The van der Waals surface area contributed by atoms with Crippen molar-refractivity contribution in [3.05, 3.63) is 0 Å². The van der Waals surface area contributed by atoms with E-state index in [0.717, 1.165) is 0 Å². The highest BCUT2D eigenvalue weighted by Crippen LogP contribution is 2.20. The lowest BCUT2D eigenvalue weighted by Crippen LogP contribution is -2.16. The molecule has 1 amide bonds. The number of alkyl halides is 3. The molecule has 0 aromatic heterocycles. The van der Waals surface area contributed by atoms with Crippen molar-refractivity contribution in [1.82, 2.24) is 0 Å². The van der Waals surface area contributed by atoms with E-state index in [0.29, 0.717) is 0 Å². The Kier molecular flexibility index (Phi) is 7.75. The van der Waals surface area contributed by atoms with Crippen molar-refractivity contribution in [3.8, 4) is 0 Å². The largest absolute Gasteiger partial charge is 0.389 e. The minimum Gasteiger partial charge on any atom is -0.370 e. The summed E-state index contributed by atoms with van der Waals surface area (Å²) in [6.07, 6.45) is -6.01. The normalized spacial score (nSPS) is 9.91. The first-order valence-corrected chi connectivity index (χ1v) is 3.40. The standard InChI is InChI=1S/C4H6F3NO.BrH2N/c5-4(6,7)2-1-3(8)9;1-2/h1-2H2,(H2,8,9);2H2. The molecule has 0 saturated carbocycles. The predicted octanol–water partition coefficient (Wildman–Crippen LogP) is 1.07. The van der Waals surface area contributed by atoms with Crippen molar-refractivity contribution in [2.75, 3.05) is 0 Å². The molecule has 0 aliphatic heterocycles. The van der Waals surface area contributed by atoms with Crippen molar-refractivity contribution in [2.45, 2.75) is 19.0 Å². The molecule has 0 radical (unpaired) electrons. The maximum atomic E-state index is 11.2. The molecular formula is C4H8BrF3N2O. The van der Waals surface area contributed by atoms with Gasteiger partial charge in [-0.1, -0.05) is 0 Å². The van der Waals surface area contributed by atoms with Crippen molar-refractivity contribution in [3.63, 3.8) is 0 Å². The predicted molar refractivity (Wildman–Crippen MR) is 37.6 cm³/mol. The maximum absolute atomic E-state index is 11.2. The molecule has 0 fully saturated rings. The van der Waals surface area contributed by atoms with Crippen LogP contribution in [0.3, 0.4) is 0 Å². The van der Waals surface area contributed by atoms with E-state index < -0.39 is 24.9 Å². The van der Waals surface area contributed by atoms with Crippen molar-refractivity contribution in [1.29, 1.82) is 0 Å². The van der Waals surface area contributed by atoms with Crippen molar-refractivity contribution in [2.24, 2.45) is 10.5 Å². The Morgan fingerprint density at radius 1 is 1.36 bits per heavy atom. The number of hydrogen-bond acceptors (Lipinski definition) is 2. The molecule has 0 aliphatic carbocycles. The van der Waals surface area contributed by atoms with Crippen LogP contribution in [0.2, 0.25) is 0 Å². The van der Waals surface area contributed by atoms with Gasteiger partial charge in [0.15, 0.2) is 0 Å². The topological polar surface area (TPSA) is 69.1 Å². The molecule has 4 N–H and O–H groups in total. The van der Waals surface area contributed by atoms with Gasteiger partial charge >= 0.3 is 6.18 Å². The third-order valence-electron chi connectivity index (χ3n) is 0.655. The van der Waals surface area contributed by atoms with E-state index in [2.05, 4.69) is 26.6 Å². The summed E-state index contributed by atoms with van der Waals surface area (Å²) in [7, 11) is 0. The Labute approximate surface area is 70.3 Å². The average molecular weight is 237 g/mol. The summed E-state index contributed by atoms with van der Waals surface area (Å²) < 4.78 is 37.9. The van der Waals surface area contributed by atoms with Gasteiger partial charge in [-0.3, -0.25) is 9.55 Å². The summed E-state index contributed by atoms with van der Waals surface area (Å²) >= 11 is 2.44. The zero-order valence-corrected chi connectivity index (χ0v) is 7.08. The van der Waals surface area contributed by atoms with E-state index in [1.165, 1.54) is 0 Å². The Bertz CT molecular complexity index is 116. The van der Waals surface area contributed by atoms with Gasteiger partial charge in [-0.25, -0.2) is 0 Å². The van der Waals surface area contributed by atoms with Crippen LogP contribution in [-0.2, 0) is 4.79 Å². The first-order chi connectivity index (χ1) is 4.92. The smallest absolute Gasteiger partial charge is 0.370 e. The second-order valence-electron chi connectivity index (χ2n) is 1.58. The quantitative estimate of drug-likeness (QED) is 0.705. The number of primary amides is 1. The molecule has 0 spiro atoms. The highest BCUT2D eigenvalue weighted by Gasteiger charge is 2.27. The second-order valence-corrected chi connectivity index (χ2v) is 1.58. The van der Waals surface area contributed by atoms with Crippen LogP contribution < -0.4 is 10.5 Å². The minimum atomic E-state index is -4.27. The molecule has 0 saturated heterocycles. The van der Waals surface area contributed by atoms with Gasteiger partial charge < -0.3 is 5.73 Å². The molecule has 0 bridgehead atoms. The molecule has 0 aromatic rings. The van der Waals surface area contributed by atoms with Gasteiger partial charge in [0.2, 0.25) is 5.91 Å². The number of rotatable bonds is 2. The van der Waals surface area contributed by atoms with Crippen LogP contribution in [0.1, 0.15) is 12.8 Å². The Morgan fingerprint density at radius 3 is 1.82 bits per heavy atom. The second kappa shape index (κ2) is 6.41. The van der Waals surface area contributed by atoms with E-state index in [9.17, 15) is 18.0 Å². The average Bonchev–Trinajstić information content (AvgIpc) is 1.87. The van der Waals surface area contributed by atoms with Crippen LogP contribution >= 0.6 is 16.1 Å². The van der Waals surface area contributed by atoms with Gasteiger partial charge in [0.05, 0.1) is 6.42 Å². The van der Waals surface area contributed by atoms with Gasteiger partial charge in [0.25, 0.3) is 0 Å². The molecule has 0 heterocycles. The monoisotopic (exact) mass is 236 g/mol. The summed E-state index contributed by atoms with van der Waals surface area (Å²) in [5.74, 6) is -0.924. The SMILES string of the molecule is NBr.NC(=O)CCC(F)(F)F. The fraction of sp³-hybridized carbons (Fsp3) is 0.750. The van der Waals surface area contributed by atoms with Crippen LogP contribution in [0.25, 0.3) is 0 Å². The molecular weight excluding hydrogens is 229 g/mol. The number of amides is 1. The highest BCUT2D eigenvalue weighted by atomic mass is 79.9. The molecule has 0 atom stereocenters. The third kappa shape index (κ3) is 17.7. The number of hydrogen-bond donors (Lipinski definition) is 2. The number of halogens is 4. The zero-order valence-electron chi connectivity index (χ0n) is 5.49. The van der Waals surface area contributed by atoms with E-state index in [4.69, 9.17) is 0 Å². The van der Waals surface area contributed by atoms with Crippen LogP contribution in [0, 0.1) is 0 Å². The van der Waals surface area contributed by atoms with Crippen LogP contribution in [0.15, 0.2) is 0 Å². The molecule has 7 heteroatoms. The summed E-state index contributed by atoms with van der Waals surface area (Å²) in [6, 6.07) is 0. The lowest BCUT2D eigenvalue weighted by atomic mass is 10.3. The molecule has 0 aliphatic rings. The van der Waals surface area contributed by atoms with Gasteiger partial charge in [-0.2, -0.15) is 13.2 Å². The molecule has 11 heavy (non-hydrogen) atoms. The van der Waals surface area contributed by atoms with E-state index in [-0.39, 0.29) is 0 Å². The number of carbonyl (C=O) groups is 1. The van der Waals surface area contributed by atoms with E-state index in [1.807, 2.05) is 0 Å². The molecule has 68 valence electrons. The van der Waals surface area contributed by atoms with Gasteiger partial charge in [0.1, 0.15) is 0 Å². The molecule has 0 rings (SSSR count). The fourth-order valence-corrected chi connectivity index (χ4v) is 0.265. The van der Waals surface area contributed by atoms with E-state index in [1.54, 1.807) is 0 Å². The van der Waals surface area contributed by atoms with Crippen LogP contribution in [0.4, 0.5) is 13.2 Å². The van der Waals surface area contributed by atoms with Gasteiger partial charge in [0, 0.05) is 22.6 Å². The number of nitrogens with two attached hydrogens (primary N) is 2. The Morgan fingerprint density at radius 2 is 1.73 bits per heavy atom. The molecule has 3 nitrogen and oxygen atoms in total. The summed E-state index contributed by atoms with van der Waals surface area (Å²) in [6.45, 7) is 0. The lowest BCUT2D eigenvalue weighted by Gasteiger charge is -2.01. The van der Waals surface area contributed by atoms with Crippen LogP contribution in [0.5, 0.6) is 0 Å². The van der Waals surface area contributed by atoms with Crippen molar-refractivity contribution >= 4 is 22.1 Å². The Balaban J connectivity index is 0. The third-order valence-corrected chi connectivity index (χ3v) is 0.655. The first-order valence-electron chi connectivity index (χ1n) is 2.49. The molecule has 0 aromatic carbocycles. The Hall–Kier alpha value is -0.300. The first kappa shape index (κ1) is 13.3. The van der Waals surface area contributed by atoms with Crippen molar-refractivity contribution < 1.29 is 18.0 Å². The van der Waals surface area contributed by atoms with Gasteiger partial charge in [-0.05, 0) is 0 Å². The highest BCUT2D eigenvalue weighted by molar-refractivity contribution is 9.07. The van der Waals surface area contributed by atoms with Crippen LogP contribution in [-0.4, -0.2) is 12.1 Å². The summed E-state index contributed by atoms with van der Waals surface area (Å²) in [5, 5.41) is 0. The minimum absolute atomic E-state index is 0.622.